The molecule has 112 valence electrons. The Morgan fingerprint density at radius 1 is 1.00 bits per heavy atom. The summed E-state index contributed by atoms with van der Waals surface area (Å²) >= 11 is 0. The first-order valence-corrected chi connectivity index (χ1v) is 8.04. The van der Waals surface area contributed by atoms with Gasteiger partial charge in [-0.1, -0.05) is 61.8 Å². The number of hydrogen-bond donors (Lipinski definition) is 0. The van der Waals surface area contributed by atoms with Crippen LogP contribution in [0.25, 0.3) is 0 Å². The van der Waals surface area contributed by atoms with Crippen molar-refractivity contribution in [2.75, 3.05) is 0 Å². The number of aromatic nitrogens is 2. The molecule has 0 aromatic carbocycles. The van der Waals surface area contributed by atoms with Gasteiger partial charge in [0.25, 0.3) is 0 Å². The van der Waals surface area contributed by atoms with Gasteiger partial charge in [0.15, 0.2) is 0 Å². The molecule has 2 heteroatoms. The summed E-state index contributed by atoms with van der Waals surface area (Å²) in [5, 5.41) is 0. The predicted molar refractivity (Wildman–Crippen MR) is 85.9 cm³/mol. The molecule has 0 unspecified atom stereocenters. The Kier molecular flexibility index (Phi) is 8.05. The van der Waals surface area contributed by atoms with Gasteiger partial charge in [0, 0.05) is 24.1 Å². The first-order valence-electron chi connectivity index (χ1n) is 8.04. The Labute approximate surface area is 120 Å². The van der Waals surface area contributed by atoms with Crippen molar-refractivity contribution in [2.24, 2.45) is 0 Å². The molecule has 0 fully saturated rings. The smallest absolute Gasteiger partial charge is 0.108 e. The summed E-state index contributed by atoms with van der Waals surface area (Å²) in [6.07, 6.45) is 4.56. The van der Waals surface area contributed by atoms with Crippen molar-refractivity contribution in [3.63, 3.8) is 0 Å². The van der Waals surface area contributed by atoms with Gasteiger partial charge in [0.2, 0.25) is 0 Å². The minimum absolute atomic E-state index is 0.194. The van der Waals surface area contributed by atoms with Crippen LogP contribution in [-0.2, 0) is 24.8 Å². The summed E-state index contributed by atoms with van der Waals surface area (Å²) < 4.78 is 2.47. The average Bonchev–Trinajstić information content (AvgIpc) is 2.76. The highest BCUT2D eigenvalue weighted by Gasteiger charge is 2.25. The van der Waals surface area contributed by atoms with Gasteiger partial charge in [0.1, 0.15) is 5.82 Å². The fraction of sp³-hybridized carbons (Fsp3) is 0.824. The highest BCUT2D eigenvalue weighted by atomic mass is 15.1. The van der Waals surface area contributed by atoms with Crippen molar-refractivity contribution >= 4 is 0 Å². The maximum atomic E-state index is 4.83. The van der Waals surface area contributed by atoms with Crippen LogP contribution in [0.5, 0.6) is 0 Å². The third kappa shape index (κ3) is 4.67. The predicted octanol–water partition coefficient (Wildman–Crippen LogP) is 5.13. The molecule has 0 saturated carbocycles. The number of imidazole rings is 1. The summed E-state index contributed by atoms with van der Waals surface area (Å²) in [5.74, 6) is 1.26. The third-order valence-electron chi connectivity index (χ3n) is 3.22. The lowest BCUT2D eigenvalue weighted by Crippen LogP contribution is -2.20. The van der Waals surface area contributed by atoms with Gasteiger partial charge >= 0.3 is 0 Å². The first kappa shape index (κ1) is 18.2. The molecule has 1 heterocycles. The van der Waals surface area contributed by atoms with E-state index in [-0.39, 0.29) is 5.41 Å². The van der Waals surface area contributed by atoms with E-state index in [0.29, 0.717) is 0 Å². The molecule has 0 aliphatic heterocycles. The van der Waals surface area contributed by atoms with E-state index in [1.54, 1.807) is 0 Å². The number of unbranched alkanes of at least 4 members (excludes halogenated alkanes) is 1. The Bertz CT molecular complexity index is 356. The summed E-state index contributed by atoms with van der Waals surface area (Å²) in [4.78, 5) is 4.83. The highest BCUT2D eigenvalue weighted by molar-refractivity contribution is 5.25. The van der Waals surface area contributed by atoms with E-state index >= 15 is 0 Å². The van der Waals surface area contributed by atoms with E-state index in [0.717, 1.165) is 19.4 Å². The quantitative estimate of drug-likeness (QED) is 0.722. The van der Waals surface area contributed by atoms with Crippen molar-refractivity contribution in [1.29, 1.82) is 0 Å². The minimum atomic E-state index is 0.194. The fourth-order valence-corrected chi connectivity index (χ4v) is 2.47. The van der Waals surface area contributed by atoms with Gasteiger partial charge in [-0.3, -0.25) is 0 Å². The summed E-state index contributed by atoms with van der Waals surface area (Å²) in [7, 11) is 0. The van der Waals surface area contributed by atoms with Crippen molar-refractivity contribution in [3.05, 3.63) is 17.2 Å². The van der Waals surface area contributed by atoms with Crippen LogP contribution in [0.2, 0.25) is 0 Å². The molecule has 0 aliphatic carbocycles. The molecule has 0 radical (unpaired) electrons. The summed E-state index contributed by atoms with van der Waals surface area (Å²) in [5.41, 5.74) is 2.94. The highest BCUT2D eigenvalue weighted by Crippen LogP contribution is 2.28. The van der Waals surface area contributed by atoms with Crippen molar-refractivity contribution in [3.8, 4) is 0 Å². The van der Waals surface area contributed by atoms with Crippen molar-refractivity contribution in [1.82, 2.24) is 9.55 Å². The Hall–Kier alpha value is -0.790. The summed E-state index contributed by atoms with van der Waals surface area (Å²) in [6.45, 7) is 18.7. The number of rotatable bonds is 5. The molecule has 19 heavy (non-hydrogen) atoms. The fourth-order valence-electron chi connectivity index (χ4n) is 2.47. The largest absolute Gasteiger partial charge is 0.331 e. The van der Waals surface area contributed by atoms with Crippen LogP contribution in [0.1, 0.15) is 85.4 Å². The molecule has 2 nitrogen and oxygen atoms in total. The van der Waals surface area contributed by atoms with Crippen LogP contribution in [0.4, 0.5) is 0 Å². The zero-order chi connectivity index (χ0) is 15.1. The third-order valence-corrected chi connectivity index (χ3v) is 3.22. The van der Waals surface area contributed by atoms with Gasteiger partial charge in [0.05, 0.1) is 5.69 Å². The van der Waals surface area contributed by atoms with Gasteiger partial charge < -0.3 is 4.57 Å². The number of hydrogen-bond acceptors (Lipinski definition) is 1. The van der Waals surface area contributed by atoms with Gasteiger partial charge in [-0.2, -0.15) is 0 Å². The molecular formula is C17H34N2. The summed E-state index contributed by atoms with van der Waals surface area (Å²) in [6, 6.07) is 0. The second kappa shape index (κ2) is 8.39. The molecule has 0 saturated heterocycles. The molecule has 0 aliphatic rings. The second-order valence-corrected chi connectivity index (χ2v) is 5.79. The topological polar surface area (TPSA) is 17.8 Å². The van der Waals surface area contributed by atoms with Crippen molar-refractivity contribution in [2.45, 2.75) is 93.0 Å². The standard InChI is InChI=1S/C15H28N2.C2H6/c1-7-10-11-17-13(9-3)16-12(8-2)14(17)15(4,5)6;1-2/h7-11H2,1-6H3;1-2H3. The SMILES string of the molecule is CC.CCCCn1c(CC)nc(CC)c1C(C)(C)C. The van der Waals surface area contributed by atoms with E-state index in [9.17, 15) is 0 Å². The maximum Gasteiger partial charge on any atom is 0.108 e. The monoisotopic (exact) mass is 266 g/mol. The molecule has 0 N–H and O–H groups in total. The second-order valence-electron chi connectivity index (χ2n) is 5.79. The van der Waals surface area contributed by atoms with E-state index in [2.05, 4.69) is 46.1 Å². The first-order chi connectivity index (χ1) is 8.95. The minimum Gasteiger partial charge on any atom is -0.331 e. The van der Waals surface area contributed by atoms with Crippen LogP contribution in [0.15, 0.2) is 0 Å². The Morgan fingerprint density at radius 2 is 1.58 bits per heavy atom. The van der Waals surface area contributed by atoms with E-state index in [4.69, 9.17) is 4.98 Å². The normalized spacial score (nSPS) is 11.2. The van der Waals surface area contributed by atoms with Gasteiger partial charge in [-0.05, 0) is 12.8 Å². The van der Waals surface area contributed by atoms with Crippen LogP contribution in [-0.4, -0.2) is 9.55 Å². The molecule has 1 aromatic rings. The molecule has 1 rings (SSSR count). The van der Waals surface area contributed by atoms with Crippen LogP contribution < -0.4 is 0 Å². The molecule has 0 amide bonds. The molecule has 0 spiro atoms. The van der Waals surface area contributed by atoms with E-state index in [1.165, 1.54) is 30.1 Å². The Balaban J connectivity index is 0.00000154. The number of aryl methyl sites for hydroxylation is 2. The van der Waals surface area contributed by atoms with Crippen LogP contribution in [0.3, 0.4) is 0 Å². The van der Waals surface area contributed by atoms with E-state index in [1.807, 2.05) is 13.8 Å². The van der Waals surface area contributed by atoms with Crippen molar-refractivity contribution < 1.29 is 0 Å². The average molecular weight is 266 g/mol. The molecular weight excluding hydrogens is 232 g/mol. The molecule has 0 atom stereocenters. The lowest BCUT2D eigenvalue weighted by molar-refractivity contribution is 0.491. The number of nitrogens with zero attached hydrogens (tertiary/aromatic N) is 2. The van der Waals surface area contributed by atoms with E-state index < -0.39 is 0 Å². The Morgan fingerprint density at radius 3 is 1.95 bits per heavy atom. The molecule has 0 bridgehead atoms. The van der Waals surface area contributed by atoms with Gasteiger partial charge in [-0.25, -0.2) is 4.98 Å². The maximum absolute atomic E-state index is 4.83. The van der Waals surface area contributed by atoms with Crippen LogP contribution in [0, 0.1) is 0 Å². The lowest BCUT2D eigenvalue weighted by atomic mass is 9.89. The lowest BCUT2D eigenvalue weighted by Gasteiger charge is -2.23. The molecule has 1 aromatic heterocycles. The zero-order valence-electron chi connectivity index (χ0n) is 14.4. The zero-order valence-corrected chi connectivity index (χ0v) is 14.4. The van der Waals surface area contributed by atoms with Gasteiger partial charge in [-0.15, -0.1) is 0 Å². The van der Waals surface area contributed by atoms with Crippen LogP contribution >= 0.6 is 0 Å².